The summed E-state index contributed by atoms with van der Waals surface area (Å²) in [6.45, 7) is 1.44. The lowest BCUT2D eigenvalue weighted by atomic mass is 10.0. The number of nitrogens with zero attached hydrogens (tertiary/aromatic N) is 1. The third kappa shape index (κ3) is 5.59. The highest BCUT2D eigenvalue weighted by molar-refractivity contribution is 6.02. The Hall–Kier alpha value is -3.75. The second-order valence-electron chi connectivity index (χ2n) is 8.08. The number of anilines is 1. The van der Waals surface area contributed by atoms with Crippen molar-refractivity contribution in [3.63, 3.8) is 0 Å². The van der Waals surface area contributed by atoms with Crippen LogP contribution < -0.4 is 10.1 Å². The average molecular weight is 472 g/mol. The van der Waals surface area contributed by atoms with Gasteiger partial charge in [-0.1, -0.05) is 18.2 Å². The maximum absolute atomic E-state index is 13.1. The van der Waals surface area contributed by atoms with Crippen molar-refractivity contribution in [1.82, 2.24) is 4.90 Å². The molecule has 1 aliphatic carbocycles. The van der Waals surface area contributed by atoms with Crippen LogP contribution in [-0.4, -0.2) is 29.4 Å². The first kappa shape index (κ1) is 23.4. The zero-order chi connectivity index (χ0) is 24.3. The van der Waals surface area contributed by atoms with Crippen LogP contribution in [0.25, 0.3) is 0 Å². The minimum Gasteiger partial charge on any atom is -0.484 e. The van der Waals surface area contributed by atoms with Gasteiger partial charge in [-0.3, -0.25) is 9.59 Å². The lowest BCUT2D eigenvalue weighted by Crippen LogP contribution is -2.38. The Bertz CT molecular complexity index is 1160. The van der Waals surface area contributed by atoms with Crippen LogP contribution >= 0.6 is 0 Å². The molecule has 1 aliphatic rings. The van der Waals surface area contributed by atoms with E-state index in [1.54, 1.807) is 48.2 Å². The Morgan fingerprint density at radius 1 is 1.12 bits per heavy atom. The molecule has 178 valence electrons. The van der Waals surface area contributed by atoms with Crippen molar-refractivity contribution in [2.45, 2.75) is 38.0 Å². The van der Waals surface area contributed by atoms with Gasteiger partial charge in [-0.2, -0.15) is 13.2 Å². The molecule has 6 nitrogen and oxygen atoms in total. The number of hydrogen-bond donors (Lipinski definition) is 1. The van der Waals surface area contributed by atoms with Crippen LogP contribution in [0.15, 0.2) is 71.3 Å². The van der Waals surface area contributed by atoms with Gasteiger partial charge in [0.05, 0.1) is 17.9 Å². The molecule has 1 aromatic heterocycles. The van der Waals surface area contributed by atoms with Gasteiger partial charge in [-0.05, 0) is 61.7 Å². The molecule has 1 fully saturated rings. The summed E-state index contributed by atoms with van der Waals surface area (Å²) in [5.74, 6) is -0.219. The Labute approximate surface area is 194 Å². The summed E-state index contributed by atoms with van der Waals surface area (Å²) >= 11 is 0. The molecule has 0 spiro atoms. The van der Waals surface area contributed by atoms with Crippen LogP contribution in [0.1, 0.15) is 47.5 Å². The topological polar surface area (TPSA) is 71.8 Å². The van der Waals surface area contributed by atoms with E-state index in [4.69, 9.17) is 9.15 Å². The standard InChI is InChI=1S/C25H23F3N2O4/c1-16(17-5-2-6-18(13-17)25(26,27)28)30(20-10-11-20)23(31)15-34-21-8-3-7-19(14-21)29-24(32)22-9-4-12-33-22/h2-9,12-14,16,20H,10-11,15H2,1H3,(H,29,32). The van der Waals surface area contributed by atoms with E-state index in [-0.39, 0.29) is 24.3 Å². The summed E-state index contributed by atoms with van der Waals surface area (Å²) in [6, 6.07) is 14.2. The predicted octanol–water partition coefficient (Wildman–Crippen LogP) is 5.68. The monoisotopic (exact) mass is 472 g/mol. The van der Waals surface area contributed by atoms with E-state index in [9.17, 15) is 22.8 Å². The maximum atomic E-state index is 13.1. The fourth-order valence-corrected chi connectivity index (χ4v) is 3.71. The van der Waals surface area contributed by atoms with Crippen LogP contribution in [-0.2, 0) is 11.0 Å². The van der Waals surface area contributed by atoms with Crippen LogP contribution in [0.3, 0.4) is 0 Å². The highest BCUT2D eigenvalue weighted by Crippen LogP contribution is 2.36. The molecule has 0 aliphatic heterocycles. The number of carbonyl (C=O) groups excluding carboxylic acids is 2. The van der Waals surface area contributed by atoms with Gasteiger partial charge in [0.2, 0.25) is 0 Å². The number of ether oxygens (including phenoxy) is 1. The minimum absolute atomic E-state index is 0.0282. The van der Waals surface area contributed by atoms with E-state index < -0.39 is 23.7 Å². The lowest BCUT2D eigenvalue weighted by molar-refractivity contribution is -0.137. The van der Waals surface area contributed by atoms with E-state index >= 15 is 0 Å². The van der Waals surface area contributed by atoms with Crippen LogP contribution in [0.2, 0.25) is 0 Å². The summed E-state index contributed by atoms with van der Waals surface area (Å²) in [4.78, 5) is 26.7. The first-order chi connectivity index (χ1) is 16.2. The Morgan fingerprint density at radius 2 is 1.88 bits per heavy atom. The largest absolute Gasteiger partial charge is 0.484 e. The van der Waals surface area contributed by atoms with E-state index in [2.05, 4.69) is 5.32 Å². The van der Waals surface area contributed by atoms with E-state index in [0.29, 0.717) is 17.0 Å². The maximum Gasteiger partial charge on any atom is 0.416 e. The average Bonchev–Trinajstić information content (AvgIpc) is 3.48. The number of carbonyl (C=O) groups is 2. The first-order valence-electron chi connectivity index (χ1n) is 10.8. The second kappa shape index (κ2) is 9.62. The SMILES string of the molecule is CC(c1cccc(C(F)(F)F)c1)N(C(=O)COc1cccc(NC(=O)c2ccco2)c1)C1CC1. The smallest absolute Gasteiger partial charge is 0.416 e. The van der Waals surface area contributed by atoms with Crippen molar-refractivity contribution >= 4 is 17.5 Å². The molecule has 1 atom stereocenters. The summed E-state index contributed by atoms with van der Waals surface area (Å²) in [7, 11) is 0. The number of alkyl halides is 3. The van der Waals surface area contributed by atoms with Gasteiger partial charge in [0.25, 0.3) is 11.8 Å². The molecule has 4 rings (SSSR count). The fourth-order valence-electron chi connectivity index (χ4n) is 3.71. The van der Waals surface area contributed by atoms with Crippen LogP contribution in [0.5, 0.6) is 5.75 Å². The molecule has 1 saturated carbocycles. The molecular formula is C25H23F3N2O4. The quantitative estimate of drug-likeness (QED) is 0.458. The molecule has 3 aromatic rings. The first-order valence-corrected chi connectivity index (χ1v) is 10.8. The van der Waals surface area contributed by atoms with Gasteiger partial charge in [0.1, 0.15) is 5.75 Å². The Morgan fingerprint density at radius 3 is 2.56 bits per heavy atom. The van der Waals surface area contributed by atoms with Crippen molar-refractivity contribution in [1.29, 1.82) is 0 Å². The van der Waals surface area contributed by atoms with Gasteiger partial charge in [0.15, 0.2) is 12.4 Å². The number of halogens is 3. The third-order valence-corrected chi connectivity index (χ3v) is 5.54. The van der Waals surface area contributed by atoms with Crippen molar-refractivity contribution in [2.75, 3.05) is 11.9 Å². The number of nitrogens with one attached hydrogen (secondary N) is 1. The van der Waals surface area contributed by atoms with Gasteiger partial charge >= 0.3 is 6.18 Å². The normalized spacial score (nSPS) is 14.4. The van der Waals surface area contributed by atoms with Crippen molar-refractivity contribution in [3.8, 4) is 5.75 Å². The lowest BCUT2D eigenvalue weighted by Gasteiger charge is -2.30. The Balaban J connectivity index is 1.42. The molecule has 9 heteroatoms. The van der Waals surface area contributed by atoms with E-state index in [1.165, 1.54) is 18.4 Å². The van der Waals surface area contributed by atoms with E-state index in [0.717, 1.165) is 25.0 Å². The number of furan rings is 1. The number of hydrogen-bond acceptors (Lipinski definition) is 4. The van der Waals surface area contributed by atoms with Gasteiger partial charge in [-0.25, -0.2) is 0 Å². The highest BCUT2D eigenvalue weighted by atomic mass is 19.4. The summed E-state index contributed by atoms with van der Waals surface area (Å²) in [6.07, 6.45) is -1.47. The summed E-state index contributed by atoms with van der Waals surface area (Å²) < 4.78 is 50.1. The summed E-state index contributed by atoms with van der Waals surface area (Å²) in [5, 5.41) is 2.68. The van der Waals surface area contributed by atoms with Gasteiger partial charge in [-0.15, -0.1) is 0 Å². The number of rotatable bonds is 8. The number of benzene rings is 2. The van der Waals surface area contributed by atoms with Crippen LogP contribution in [0, 0.1) is 0 Å². The Kier molecular flexibility index (Phi) is 6.63. The van der Waals surface area contributed by atoms with Crippen molar-refractivity contribution in [3.05, 3.63) is 83.8 Å². The molecule has 0 bridgehead atoms. The molecular weight excluding hydrogens is 449 g/mol. The van der Waals surface area contributed by atoms with Gasteiger partial charge in [0, 0.05) is 17.8 Å². The zero-order valence-electron chi connectivity index (χ0n) is 18.3. The highest BCUT2D eigenvalue weighted by Gasteiger charge is 2.37. The molecule has 1 N–H and O–H groups in total. The van der Waals surface area contributed by atoms with Crippen molar-refractivity contribution < 1.29 is 31.9 Å². The molecule has 2 amide bonds. The van der Waals surface area contributed by atoms with E-state index in [1.807, 2.05) is 0 Å². The molecule has 0 saturated heterocycles. The molecule has 1 heterocycles. The second-order valence-corrected chi connectivity index (χ2v) is 8.08. The van der Waals surface area contributed by atoms with Crippen molar-refractivity contribution in [2.24, 2.45) is 0 Å². The third-order valence-electron chi connectivity index (χ3n) is 5.54. The molecule has 0 radical (unpaired) electrons. The minimum atomic E-state index is -4.45. The van der Waals surface area contributed by atoms with Gasteiger partial charge < -0.3 is 19.4 Å². The predicted molar refractivity (Wildman–Crippen MR) is 118 cm³/mol. The number of amides is 2. The molecule has 2 aromatic carbocycles. The van der Waals surface area contributed by atoms with Crippen LogP contribution in [0.4, 0.5) is 18.9 Å². The molecule has 34 heavy (non-hydrogen) atoms. The molecule has 1 unspecified atom stereocenters. The summed E-state index contributed by atoms with van der Waals surface area (Å²) in [5.41, 5.74) is 0.130. The zero-order valence-corrected chi connectivity index (χ0v) is 18.3. The fraction of sp³-hybridized carbons (Fsp3) is 0.280.